The quantitative estimate of drug-likeness (QED) is 0.324. The highest BCUT2D eigenvalue weighted by atomic mass is 35.5. The normalized spacial score (nSPS) is 42.9. The first-order valence-electron chi connectivity index (χ1n) is 18.1. The lowest BCUT2D eigenvalue weighted by atomic mass is 9.33. The predicted molar refractivity (Wildman–Crippen MR) is 186 cm³/mol. The number of halogens is 1. The van der Waals surface area contributed by atoms with Gasteiger partial charge in [-0.15, -0.1) is 0 Å². The first-order valence-corrected chi connectivity index (χ1v) is 18.5. The zero-order valence-corrected chi connectivity index (χ0v) is 30.0. The topological polar surface area (TPSA) is 81.2 Å². The molecule has 5 aliphatic carbocycles. The number of carbonyl (C=O) groups is 1. The number of aromatic nitrogens is 1. The molecule has 1 aromatic heterocycles. The zero-order valence-electron chi connectivity index (χ0n) is 29.2. The summed E-state index contributed by atoms with van der Waals surface area (Å²) in [5, 5.41) is 8.33. The minimum absolute atomic E-state index is 0.103. The highest BCUT2D eigenvalue weighted by Crippen LogP contribution is 2.75. The lowest BCUT2D eigenvalue weighted by Crippen LogP contribution is -2.66. The first-order chi connectivity index (χ1) is 21.7. The number of fused-ring (bicyclic) bond motifs is 7. The van der Waals surface area contributed by atoms with Gasteiger partial charge >= 0.3 is 0 Å². The summed E-state index contributed by atoms with van der Waals surface area (Å²) in [6, 6.07) is 9.82. The molecule has 1 heterocycles. The van der Waals surface area contributed by atoms with Crippen LogP contribution in [-0.2, 0) is 11.3 Å². The van der Waals surface area contributed by atoms with Crippen LogP contribution >= 0.6 is 11.6 Å². The molecule has 10 atom stereocenters. The number of nitrogens with one attached hydrogen (secondary N) is 1. The number of benzene rings is 1. The van der Waals surface area contributed by atoms with Gasteiger partial charge in [0.15, 0.2) is 5.76 Å². The number of hydrogen-bond acceptors (Lipinski definition) is 4. The average molecular weight is 646 g/mol. The second-order valence-electron chi connectivity index (χ2n) is 17.6. The maximum atomic E-state index is 14.5. The second kappa shape index (κ2) is 11.0. The van der Waals surface area contributed by atoms with Crippen LogP contribution in [0.25, 0.3) is 11.3 Å². The van der Waals surface area contributed by atoms with Crippen LogP contribution in [0.1, 0.15) is 112 Å². The van der Waals surface area contributed by atoms with E-state index in [2.05, 4.69) is 65.0 Å². The van der Waals surface area contributed by atoms with E-state index in [0.29, 0.717) is 52.5 Å². The molecule has 5 nitrogen and oxygen atoms in total. The fourth-order valence-electron chi connectivity index (χ4n) is 12.4. The summed E-state index contributed by atoms with van der Waals surface area (Å²) in [5.74, 6) is 3.53. The second-order valence-corrected chi connectivity index (χ2v) is 18.1. The highest BCUT2D eigenvalue weighted by Gasteiger charge is 2.69. The van der Waals surface area contributed by atoms with E-state index in [1.165, 1.54) is 19.3 Å². The number of carbonyl (C=O) groups excluding carboxylic acids is 1. The van der Waals surface area contributed by atoms with Gasteiger partial charge in [-0.2, -0.15) is 0 Å². The third kappa shape index (κ3) is 4.49. The van der Waals surface area contributed by atoms with E-state index in [1.807, 2.05) is 30.3 Å². The first kappa shape index (κ1) is 32.4. The third-order valence-corrected chi connectivity index (χ3v) is 15.9. The minimum atomic E-state index is -0.375. The third-order valence-electron chi connectivity index (χ3n) is 15.7. The van der Waals surface area contributed by atoms with Crippen molar-refractivity contribution in [3.05, 3.63) is 52.8 Å². The van der Waals surface area contributed by atoms with Crippen LogP contribution in [0, 0.1) is 56.7 Å². The highest BCUT2D eigenvalue weighted by molar-refractivity contribution is 6.30. The molecule has 0 aliphatic heterocycles. The number of nitrogens with zero attached hydrogens (tertiary/aromatic N) is 1. The number of hydrogen-bond donors (Lipinski definition) is 2. The van der Waals surface area contributed by atoms with Crippen LogP contribution in [0.15, 0.2) is 46.5 Å². The largest absolute Gasteiger partial charge is 0.359 e. The van der Waals surface area contributed by atoms with Gasteiger partial charge in [-0.1, -0.05) is 89.0 Å². The van der Waals surface area contributed by atoms with E-state index in [1.54, 1.807) is 5.57 Å². The maximum absolute atomic E-state index is 14.5. The maximum Gasteiger partial charge on any atom is 0.227 e. The molecule has 2 aromatic rings. The monoisotopic (exact) mass is 645 g/mol. The molecule has 0 spiro atoms. The van der Waals surface area contributed by atoms with E-state index in [-0.39, 0.29) is 33.5 Å². The van der Waals surface area contributed by atoms with Gasteiger partial charge in [0.25, 0.3) is 0 Å². The lowest BCUT2D eigenvalue weighted by Gasteiger charge is -2.71. The molecule has 3 N–H and O–H groups in total. The Labute approximate surface area is 281 Å². The van der Waals surface area contributed by atoms with Crippen molar-refractivity contribution in [3.8, 4) is 11.3 Å². The molecule has 2 unspecified atom stereocenters. The van der Waals surface area contributed by atoms with Gasteiger partial charge in [-0.05, 0) is 121 Å². The van der Waals surface area contributed by atoms with Gasteiger partial charge < -0.3 is 15.6 Å². The minimum Gasteiger partial charge on any atom is -0.359 e. The molecule has 46 heavy (non-hydrogen) atoms. The number of nitrogens with two attached hydrogens (primary N) is 1. The van der Waals surface area contributed by atoms with E-state index in [0.717, 1.165) is 49.8 Å². The summed E-state index contributed by atoms with van der Waals surface area (Å²) < 4.78 is 5.69. The van der Waals surface area contributed by atoms with Crippen molar-refractivity contribution in [2.45, 2.75) is 119 Å². The SMILES string of the molecule is C[C@H]1[C@H](C)CC[C@]2(C(=O)NCc3cc(-c4ccc(Cl)cc4)no3)CC[C@]3(C)C(=CCC4[C@@]5(C)CC[C@H](N)C(C)(C)C5CC[C@]43C)[C@H]12. The summed E-state index contributed by atoms with van der Waals surface area (Å²) in [4.78, 5) is 14.5. The number of rotatable bonds is 4. The van der Waals surface area contributed by atoms with Crippen molar-refractivity contribution in [2.24, 2.45) is 62.4 Å². The summed E-state index contributed by atoms with van der Waals surface area (Å²) in [5.41, 5.74) is 10.5. The molecule has 250 valence electrons. The summed E-state index contributed by atoms with van der Waals surface area (Å²) >= 11 is 6.08. The van der Waals surface area contributed by atoms with Crippen LogP contribution in [0.4, 0.5) is 0 Å². The van der Waals surface area contributed by atoms with Gasteiger partial charge in [0.2, 0.25) is 5.91 Å². The Hall–Kier alpha value is -2.11. The zero-order chi connectivity index (χ0) is 32.9. The Balaban J connectivity index is 1.18. The van der Waals surface area contributed by atoms with Crippen molar-refractivity contribution in [2.75, 3.05) is 0 Å². The Kier molecular flexibility index (Phi) is 7.72. The molecule has 7 rings (SSSR count). The smallest absolute Gasteiger partial charge is 0.227 e. The van der Waals surface area contributed by atoms with E-state index in [4.69, 9.17) is 21.9 Å². The van der Waals surface area contributed by atoms with Crippen LogP contribution in [0.2, 0.25) is 5.02 Å². The summed E-state index contributed by atoms with van der Waals surface area (Å²) in [6.07, 6.45) is 12.8. The van der Waals surface area contributed by atoms with E-state index < -0.39 is 0 Å². The molecule has 6 heteroatoms. The molecule has 0 radical (unpaired) electrons. The molecule has 1 amide bonds. The fraction of sp³-hybridized carbons (Fsp3) is 0.700. The summed E-state index contributed by atoms with van der Waals surface area (Å²) in [7, 11) is 0. The van der Waals surface area contributed by atoms with Crippen molar-refractivity contribution in [1.82, 2.24) is 10.5 Å². The predicted octanol–water partition coefficient (Wildman–Crippen LogP) is 9.60. The van der Waals surface area contributed by atoms with Gasteiger partial charge in [-0.3, -0.25) is 4.79 Å². The molecular weight excluding hydrogens is 590 g/mol. The molecule has 0 bridgehead atoms. The molecule has 4 saturated carbocycles. The number of allylic oxidation sites excluding steroid dienone is 2. The van der Waals surface area contributed by atoms with E-state index in [9.17, 15) is 4.79 Å². The molecular formula is C40H56ClN3O2. The van der Waals surface area contributed by atoms with Crippen LogP contribution in [-0.4, -0.2) is 17.1 Å². The van der Waals surface area contributed by atoms with E-state index >= 15 is 0 Å². The van der Waals surface area contributed by atoms with Gasteiger partial charge in [0.05, 0.1) is 12.0 Å². The van der Waals surface area contributed by atoms with Crippen molar-refractivity contribution in [3.63, 3.8) is 0 Å². The average Bonchev–Trinajstić information content (AvgIpc) is 3.49. The molecule has 4 fully saturated rings. The Morgan fingerprint density at radius 1 is 0.978 bits per heavy atom. The lowest BCUT2D eigenvalue weighted by molar-refractivity contribution is -0.187. The van der Waals surface area contributed by atoms with Gasteiger partial charge in [-0.25, -0.2) is 0 Å². The molecule has 0 saturated heterocycles. The van der Waals surface area contributed by atoms with Crippen LogP contribution in [0.5, 0.6) is 0 Å². The Morgan fingerprint density at radius 2 is 1.72 bits per heavy atom. The molecule has 5 aliphatic rings. The van der Waals surface area contributed by atoms with Gasteiger partial charge in [0, 0.05) is 22.7 Å². The Bertz CT molecular complexity index is 1530. The van der Waals surface area contributed by atoms with Gasteiger partial charge in [0.1, 0.15) is 5.69 Å². The number of amides is 1. The Morgan fingerprint density at radius 3 is 2.46 bits per heavy atom. The molecule has 1 aromatic carbocycles. The van der Waals surface area contributed by atoms with Crippen molar-refractivity contribution < 1.29 is 9.32 Å². The van der Waals surface area contributed by atoms with Crippen LogP contribution < -0.4 is 11.1 Å². The van der Waals surface area contributed by atoms with Crippen molar-refractivity contribution >= 4 is 17.5 Å². The van der Waals surface area contributed by atoms with Crippen LogP contribution in [0.3, 0.4) is 0 Å². The fourth-order valence-corrected chi connectivity index (χ4v) is 12.5. The van der Waals surface area contributed by atoms with Crippen molar-refractivity contribution in [1.29, 1.82) is 0 Å². The standard InChI is InChI=1S/C40H56ClN3O2/c1-24-14-19-40(35(45)43-23-28-22-30(44-46-28)26-8-10-27(41)11-9-26)21-20-38(6)29(34(40)25(24)2)12-13-32-37(5)17-16-33(42)36(3,4)31(37)15-18-39(32,38)7/h8-12,22,24-25,31-34H,13-21,23,42H2,1-7H3,(H,43,45)/t24-,25+,31?,32?,33+,34+,37+,38-,39-,40+/m1/s1. The summed E-state index contributed by atoms with van der Waals surface area (Å²) in [6.45, 7) is 18.0.